The number of methoxy groups -OCH3 is 1. The van der Waals surface area contributed by atoms with Crippen molar-refractivity contribution in [3.05, 3.63) is 65.7 Å². The van der Waals surface area contributed by atoms with Crippen molar-refractivity contribution in [1.82, 2.24) is 5.32 Å². The molecule has 0 saturated carbocycles. The maximum atomic E-state index is 11.8. The number of likely N-dealkylation sites (N-methyl/N-ethyl adjacent to an activating group) is 1. The Kier molecular flexibility index (Phi) is 5.55. The first-order valence-corrected chi connectivity index (χ1v) is 7.32. The number of nitrogens with one attached hydrogen (secondary N) is 1. The summed E-state index contributed by atoms with van der Waals surface area (Å²) in [5.41, 5.74) is 1.72. The number of benzene rings is 2. The molecular weight excluding hydrogens is 278 g/mol. The molecule has 22 heavy (non-hydrogen) atoms. The van der Waals surface area contributed by atoms with Crippen LogP contribution in [0, 0.1) is 0 Å². The Bertz CT molecular complexity index is 595. The van der Waals surface area contributed by atoms with Gasteiger partial charge in [0.25, 0.3) is 0 Å². The minimum absolute atomic E-state index is 0.296. The van der Waals surface area contributed by atoms with Crippen LogP contribution in [0.5, 0.6) is 5.75 Å². The van der Waals surface area contributed by atoms with Gasteiger partial charge in [0.05, 0.1) is 7.11 Å². The van der Waals surface area contributed by atoms with Gasteiger partial charge in [-0.2, -0.15) is 0 Å². The molecule has 0 amide bonds. The molecular formula is C18H21NO3. The second-order valence-corrected chi connectivity index (χ2v) is 5.04. The molecule has 4 nitrogen and oxygen atoms in total. The second kappa shape index (κ2) is 7.61. The highest BCUT2D eigenvalue weighted by Crippen LogP contribution is 2.32. The van der Waals surface area contributed by atoms with Gasteiger partial charge >= 0.3 is 5.97 Å². The van der Waals surface area contributed by atoms with Crippen LogP contribution in [0.15, 0.2) is 54.6 Å². The lowest BCUT2D eigenvalue weighted by Gasteiger charge is -2.26. The maximum absolute atomic E-state index is 11.8. The van der Waals surface area contributed by atoms with E-state index in [4.69, 9.17) is 4.74 Å². The molecule has 0 aromatic heterocycles. The van der Waals surface area contributed by atoms with Gasteiger partial charge < -0.3 is 15.2 Å². The number of hydrogen-bond donors (Lipinski definition) is 2. The van der Waals surface area contributed by atoms with Crippen LogP contribution in [0.25, 0.3) is 0 Å². The first-order chi connectivity index (χ1) is 10.7. The van der Waals surface area contributed by atoms with E-state index < -0.39 is 11.9 Å². The van der Waals surface area contributed by atoms with Gasteiger partial charge in [-0.25, -0.2) is 0 Å². The van der Waals surface area contributed by atoms with E-state index in [9.17, 15) is 9.90 Å². The highest BCUT2D eigenvalue weighted by Gasteiger charge is 2.30. The average Bonchev–Trinajstić information content (AvgIpc) is 2.55. The highest BCUT2D eigenvalue weighted by atomic mass is 16.5. The zero-order valence-electron chi connectivity index (χ0n) is 12.8. The van der Waals surface area contributed by atoms with E-state index in [1.54, 1.807) is 7.11 Å². The molecule has 0 heterocycles. The van der Waals surface area contributed by atoms with Gasteiger partial charge in [0.2, 0.25) is 0 Å². The van der Waals surface area contributed by atoms with E-state index in [1.165, 1.54) is 0 Å². The van der Waals surface area contributed by atoms with E-state index in [2.05, 4.69) is 5.32 Å². The molecule has 0 aliphatic carbocycles. The molecule has 0 radical (unpaired) electrons. The predicted octanol–water partition coefficient (Wildman–Crippen LogP) is 3.21. The molecule has 2 aromatic carbocycles. The molecule has 2 rings (SSSR count). The lowest BCUT2D eigenvalue weighted by Crippen LogP contribution is -2.31. The summed E-state index contributed by atoms with van der Waals surface area (Å²) in [6.45, 7) is 2.66. The lowest BCUT2D eigenvalue weighted by molar-refractivity contribution is -0.139. The monoisotopic (exact) mass is 299 g/mol. The molecule has 0 aliphatic rings. The number of hydrogen-bond acceptors (Lipinski definition) is 3. The summed E-state index contributed by atoms with van der Waals surface area (Å²) >= 11 is 0. The smallest absolute Gasteiger partial charge is 0.312 e. The zero-order chi connectivity index (χ0) is 15.9. The number of ether oxygens (including phenoxy) is 1. The van der Waals surface area contributed by atoms with Crippen LogP contribution in [0.2, 0.25) is 0 Å². The minimum atomic E-state index is -0.840. The van der Waals surface area contributed by atoms with Crippen molar-refractivity contribution < 1.29 is 14.6 Å². The van der Waals surface area contributed by atoms with Crippen LogP contribution < -0.4 is 10.1 Å². The summed E-state index contributed by atoms with van der Waals surface area (Å²) in [5.74, 6) is -0.729. The average molecular weight is 299 g/mol. The Balaban J connectivity index is 2.40. The van der Waals surface area contributed by atoms with Crippen molar-refractivity contribution in [2.24, 2.45) is 0 Å². The lowest BCUT2D eigenvalue weighted by atomic mass is 9.87. The maximum Gasteiger partial charge on any atom is 0.312 e. The van der Waals surface area contributed by atoms with Crippen LogP contribution in [-0.4, -0.2) is 24.7 Å². The van der Waals surface area contributed by atoms with E-state index in [-0.39, 0.29) is 6.04 Å². The fourth-order valence-corrected chi connectivity index (χ4v) is 2.60. The summed E-state index contributed by atoms with van der Waals surface area (Å²) in [6.07, 6.45) is 0. The normalized spacial score (nSPS) is 13.4. The molecule has 4 heteroatoms. The second-order valence-electron chi connectivity index (χ2n) is 5.04. The van der Waals surface area contributed by atoms with Crippen molar-refractivity contribution >= 4 is 5.97 Å². The number of rotatable bonds is 7. The standard InChI is InChI=1S/C18H21NO3/c1-3-19-17(14-9-11-15(22-2)12-10-14)16(18(20)21)13-7-5-4-6-8-13/h4-12,16-17,19H,3H2,1-2H3,(H,20,21). The number of carboxylic acid groups (broad SMARTS) is 1. The third-order valence-corrected chi connectivity index (χ3v) is 3.66. The van der Waals surface area contributed by atoms with Crippen molar-refractivity contribution in [2.45, 2.75) is 18.9 Å². The molecule has 0 bridgehead atoms. The van der Waals surface area contributed by atoms with Crippen molar-refractivity contribution in [2.75, 3.05) is 13.7 Å². The van der Waals surface area contributed by atoms with Gasteiger partial charge in [0.15, 0.2) is 0 Å². The van der Waals surface area contributed by atoms with Crippen molar-refractivity contribution in [1.29, 1.82) is 0 Å². The molecule has 2 aromatic rings. The quantitative estimate of drug-likeness (QED) is 0.824. The SMILES string of the molecule is CCNC(c1ccc(OC)cc1)C(C(=O)O)c1ccccc1. The largest absolute Gasteiger partial charge is 0.497 e. The van der Waals surface area contributed by atoms with Crippen molar-refractivity contribution in [3.8, 4) is 5.75 Å². The number of carboxylic acids is 1. The first-order valence-electron chi connectivity index (χ1n) is 7.32. The number of carbonyl (C=O) groups is 1. The zero-order valence-corrected chi connectivity index (χ0v) is 12.8. The van der Waals surface area contributed by atoms with Crippen LogP contribution in [-0.2, 0) is 4.79 Å². The van der Waals surface area contributed by atoms with Gasteiger partial charge in [-0.1, -0.05) is 49.4 Å². The molecule has 0 fully saturated rings. The van der Waals surface area contributed by atoms with Crippen LogP contribution >= 0.6 is 0 Å². The summed E-state index contributed by atoms with van der Waals surface area (Å²) in [6, 6.07) is 16.5. The number of aliphatic carboxylic acids is 1. The molecule has 116 valence electrons. The van der Waals surface area contributed by atoms with E-state index in [0.29, 0.717) is 6.54 Å². The summed E-state index contributed by atoms with van der Waals surface area (Å²) < 4.78 is 5.16. The fourth-order valence-electron chi connectivity index (χ4n) is 2.60. The summed E-state index contributed by atoms with van der Waals surface area (Å²) in [5, 5.41) is 13.0. The van der Waals surface area contributed by atoms with Crippen LogP contribution in [0.4, 0.5) is 0 Å². The third kappa shape index (κ3) is 3.65. The van der Waals surface area contributed by atoms with Crippen LogP contribution in [0.3, 0.4) is 0 Å². The Morgan fingerprint density at radius 1 is 1.09 bits per heavy atom. The molecule has 0 spiro atoms. The topological polar surface area (TPSA) is 58.6 Å². The molecule has 2 N–H and O–H groups in total. The first kappa shape index (κ1) is 16.0. The third-order valence-electron chi connectivity index (χ3n) is 3.66. The van der Waals surface area contributed by atoms with Gasteiger partial charge in [0.1, 0.15) is 11.7 Å². The van der Waals surface area contributed by atoms with Gasteiger partial charge in [-0.05, 0) is 29.8 Å². The van der Waals surface area contributed by atoms with Crippen LogP contribution in [0.1, 0.15) is 30.0 Å². The Morgan fingerprint density at radius 2 is 1.73 bits per heavy atom. The van der Waals surface area contributed by atoms with Gasteiger partial charge in [-0.3, -0.25) is 4.79 Å². The highest BCUT2D eigenvalue weighted by molar-refractivity contribution is 5.77. The molecule has 2 unspecified atom stereocenters. The minimum Gasteiger partial charge on any atom is -0.497 e. The molecule has 0 saturated heterocycles. The van der Waals surface area contributed by atoms with Gasteiger partial charge in [-0.15, -0.1) is 0 Å². The van der Waals surface area contributed by atoms with E-state index in [1.807, 2.05) is 61.5 Å². The van der Waals surface area contributed by atoms with E-state index in [0.717, 1.165) is 16.9 Å². The Morgan fingerprint density at radius 3 is 2.23 bits per heavy atom. The predicted molar refractivity (Wildman–Crippen MR) is 86.2 cm³/mol. The molecule has 2 atom stereocenters. The molecule has 0 aliphatic heterocycles. The van der Waals surface area contributed by atoms with E-state index >= 15 is 0 Å². The van der Waals surface area contributed by atoms with Gasteiger partial charge in [0, 0.05) is 6.04 Å². The summed E-state index contributed by atoms with van der Waals surface area (Å²) in [7, 11) is 1.61. The Hall–Kier alpha value is -2.33. The summed E-state index contributed by atoms with van der Waals surface area (Å²) in [4.78, 5) is 11.8. The Labute approximate surface area is 130 Å². The fraction of sp³-hybridized carbons (Fsp3) is 0.278. The van der Waals surface area contributed by atoms with Crippen molar-refractivity contribution in [3.63, 3.8) is 0 Å².